The number of carbonyl (C=O) groups is 1. The van der Waals surface area contributed by atoms with Crippen LogP contribution in [0.2, 0.25) is 0 Å². The van der Waals surface area contributed by atoms with Crippen LogP contribution in [0.1, 0.15) is 53.4 Å². The van der Waals surface area contributed by atoms with E-state index in [4.69, 9.17) is 5.73 Å². The maximum atomic E-state index is 12.1. The summed E-state index contributed by atoms with van der Waals surface area (Å²) in [6.45, 7) is 11.2. The number of rotatable bonds is 7. The van der Waals surface area contributed by atoms with Crippen molar-refractivity contribution < 1.29 is 4.79 Å². The van der Waals surface area contributed by atoms with Gasteiger partial charge >= 0.3 is 0 Å². The molecule has 1 aliphatic heterocycles. The van der Waals surface area contributed by atoms with Crippen molar-refractivity contribution in [2.45, 2.75) is 65.5 Å². The molecule has 0 aliphatic carbocycles. The molecule has 4 nitrogen and oxygen atoms in total. The van der Waals surface area contributed by atoms with Crippen molar-refractivity contribution in [1.82, 2.24) is 10.2 Å². The van der Waals surface area contributed by atoms with Gasteiger partial charge in [0.2, 0.25) is 5.91 Å². The monoisotopic (exact) mass is 283 g/mol. The number of piperidine rings is 1. The van der Waals surface area contributed by atoms with E-state index in [1.165, 1.54) is 0 Å². The zero-order chi connectivity index (χ0) is 15.1. The highest BCUT2D eigenvalue weighted by atomic mass is 16.2. The molecule has 3 atom stereocenters. The van der Waals surface area contributed by atoms with Crippen LogP contribution in [0, 0.1) is 11.8 Å². The Balaban J connectivity index is 2.28. The third-order valence-electron chi connectivity index (χ3n) is 4.35. The number of likely N-dealkylation sites (tertiary alicyclic amines) is 1. The molecule has 0 radical (unpaired) electrons. The van der Waals surface area contributed by atoms with Crippen molar-refractivity contribution in [2.75, 3.05) is 19.6 Å². The molecule has 0 spiro atoms. The maximum Gasteiger partial charge on any atom is 0.234 e. The highest BCUT2D eigenvalue weighted by Gasteiger charge is 2.26. The van der Waals surface area contributed by atoms with Crippen LogP contribution in [0.15, 0.2) is 0 Å². The fraction of sp³-hybridized carbons (Fsp3) is 0.938. The van der Waals surface area contributed by atoms with Gasteiger partial charge in [-0.25, -0.2) is 0 Å². The first kappa shape index (κ1) is 17.4. The first-order valence-corrected chi connectivity index (χ1v) is 8.19. The molecule has 1 saturated heterocycles. The molecule has 0 bridgehead atoms. The largest absolute Gasteiger partial charge is 0.353 e. The minimum Gasteiger partial charge on any atom is -0.353 e. The predicted octanol–water partition coefficient (Wildman–Crippen LogP) is 1.99. The van der Waals surface area contributed by atoms with Gasteiger partial charge in [-0.2, -0.15) is 0 Å². The minimum atomic E-state index is 0.159. The summed E-state index contributed by atoms with van der Waals surface area (Å²) in [5.41, 5.74) is 6.10. The normalized spacial score (nSPS) is 25.7. The topological polar surface area (TPSA) is 58.4 Å². The molecule has 0 saturated carbocycles. The number of hydrogen-bond donors (Lipinski definition) is 2. The second-order valence-electron chi connectivity index (χ2n) is 6.80. The molecule has 20 heavy (non-hydrogen) atoms. The molecule has 3 N–H and O–H groups in total. The smallest absolute Gasteiger partial charge is 0.234 e. The average Bonchev–Trinajstić information content (AvgIpc) is 2.38. The number of nitrogens with one attached hydrogen (secondary N) is 1. The Hall–Kier alpha value is -0.610. The van der Waals surface area contributed by atoms with Gasteiger partial charge in [-0.1, -0.05) is 27.2 Å². The molecule has 0 aromatic carbocycles. The SMILES string of the molecule is CCC1CN(CC(=O)NC(C)CCC(C)C)CCC1N. The lowest BCUT2D eigenvalue weighted by molar-refractivity contribution is -0.123. The van der Waals surface area contributed by atoms with Crippen molar-refractivity contribution in [1.29, 1.82) is 0 Å². The summed E-state index contributed by atoms with van der Waals surface area (Å²) in [7, 11) is 0. The van der Waals surface area contributed by atoms with E-state index in [1.807, 2.05) is 0 Å². The lowest BCUT2D eigenvalue weighted by Crippen LogP contribution is -2.50. The molecular weight excluding hydrogens is 250 g/mol. The van der Waals surface area contributed by atoms with Crippen LogP contribution in [-0.4, -0.2) is 42.5 Å². The average molecular weight is 283 g/mol. The molecular formula is C16H33N3O. The van der Waals surface area contributed by atoms with Crippen molar-refractivity contribution in [3.05, 3.63) is 0 Å². The maximum absolute atomic E-state index is 12.1. The second kappa shape index (κ2) is 8.63. The first-order valence-electron chi connectivity index (χ1n) is 8.19. The standard InChI is InChI=1S/C16H33N3O/c1-5-14-10-19(9-8-15(14)17)11-16(20)18-13(4)7-6-12(2)3/h12-15H,5-11,17H2,1-4H3,(H,18,20). The van der Waals surface area contributed by atoms with Crippen LogP contribution in [0.4, 0.5) is 0 Å². The summed E-state index contributed by atoms with van der Waals surface area (Å²) in [4.78, 5) is 14.3. The van der Waals surface area contributed by atoms with Gasteiger partial charge in [-0.3, -0.25) is 9.69 Å². The fourth-order valence-electron chi connectivity index (χ4n) is 2.88. The molecule has 0 aromatic rings. The number of nitrogens with zero attached hydrogens (tertiary/aromatic N) is 1. The molecule has 1 amide bonds. The molecule has 118 valence electrons. The second-order valence-corrected chi connectivity index (χ2v) is 6.80. The first-order chi connectivity index (χ1) is 9.42. The van der Waals surface area contributed by atoms with Gasteiger partial charge in [0.05, 0.1) is 6.54 Å². The van der Waals surface area contributed by atoms with Crippen LogP contribution in [-0.2, 0) is 4.79 Å². The summed E-state index contributed by atoms with van der Waals surface area (Å²) in [5.74, 6) is 1.39. The predicted molar refractivity (Wildman–Crippen MR) is 84.5 cm³/mol. The van der Waals surface area contributed by atoms with Gasteiger partial charge < -0.3 is 11.1 Å². The molecule has 1 heterocycles. The van der Waals surface area contributed by atoms with E-state index in [1.54, 1.807) is 0 Å². The lowest BCUT2D eigenvalue weighted by Gasteiger charge is -2.36. The molecule has 0 aromatic heterocycles. The Morgan fingerprint density at radius 1 is 1.35 bits per heavy atom. The quantitative estimate of drug-likeness (QED) is 0.751. The zero-order valence-electron chi connectivity index (χ0n) is 13.7. The Labute approximate surface area is 124 Å². The third-order valence-corrected chi connectivity index (χ3v) is 4.35. The number of carbonyl (C=O) groups excluding carboxylic acids is 1. The van der Waals surface area contributed by atoms with Crippen LogP contribution < -0.4 is 11.1 Å². The van der Waals surface area contributed by atoms with E-state index in [-0.39, 0.29) is 11.9 Å². The van der Waals surface area contributed by atoms with Gasteiger partial charge in [0, 0.05) is 25.2 Å². The molecule has 1 aliphatic rings. The number of amides is 1. The van der Waals surface area contributed by atoms with Crippen LogP contribution in [0.5, 0.6) is 0 Å². The summed E-state index contributed by atoms with van der Waals surface area (Å²) in [5, 5.41) is 3.11. The minimum absolute atomic E-state index is 0.159. The fourth-order valence-corrected chi connectivity index (χ4v) is 2.88. The Kier molecular flexibility index (Phi) is 7.52. The summed E-state index contributed by atoms with van der Waals surface area (Å²) < 4.78 is 0. The van der Waals surface area contributed by atoms with E-state index in [2.05, 4.69) is 37.9 Å². The Morgan fingerprint density at radius 3 is 2.65 bits per heavy atom. The van der Waals surface area contributed by atoms with Crippen molar-refractivity contribution in [3.8, 4) is 0 Å². The van der Waals surface area contributed by atoms with Crippen molar-refractivity contribution in [3.63, 3.8) is 0 Å². The summed E-state index contributed by atoms with van der Waals surface area (Å²) >= 11 is 0. The van der Waals surface area contributed by atoms with E-state index in [0.717, 1.165) is 38.8 Å². The summed E-state index contributed by atoms with van der Waals surface area (Å²) in [6.07, 6.45) is 4.34. The molecule has 4 heteroatoms. The highest BCUT2D eigenvalue weighted by molar-refractivity contribution is 5.78. The van der Waals surface area contributed by atoms with Crippen LogP contribution in [0.3, 0.4) is 0 Å². The summed E-state index contributed by atoms with van der Waals surface area (Å²) in [6, 6.07) is 0.586. The highest BCUT2D eigenvalue weighted by Crippen LogP contribution is 2.18. The van der Waals surface area contributed by atoms with Crippen molar-refractivity contribution in [2.24, 2.45) is 17.6 Å². The Bertz CT molecular complexity index is 293. The van der Waals surface area contributed by atoms with E-state index < -0.39 is 0 Å². The van der Waals surface area contributed by atoms with Gasteiger partial charge in [0.1, 0.15) is 0 Å². The Morgan fingerprint density at radius 2 is 2.05 bits per heavy atom. The lowest BCUT2D eigenvalue weighted by atomic mass is 9.91. The molecule has 1 rings (SSSR count). The number of hydrogen-bond acceptors (Lipinski definition) is 3. The number of nitrogens with two attached hydrogens (primary N) is 1. The van der Waals surface area contributed by atoms with Crippen molar-refractivity contribution >= 4 is 5.91 Å². The van der Waals surface area contributed by atoms with Crippen LogP contribution in [0.25, 0.3) is 0 Å². The molecule has 1 fully saturated rings. The van der Waals surface area contributed by atoms with E-state index >= 15 is 0 Å². The van der Waals surface area contributed by atoms with Gasteiger partial charge in [-0.05, 0) is 38.0 Å². The van der Waals surface area contributed by atoms with Gasteiger partial charge in [0.25, 0.3) is 0 Å². The molecule has 3 unspecified atom stereocenters. The van der Waals surface area contributed by atoms with Gasteiger partial charge in [0.15, 0.2) is 0 Å². The van der Waals surface area contributed by atoms with Crippen LogP contribution >= 0.6 is 0 Å². The third kappa shape index (κ3) is 6.23. The van der Waals surface area contributed by atoms with E-state index in [0.29, 0.717) is 24.4 Å². The van der Waals surface area contributed by atoms with E-state index in [9.17, 15) is 4.79 Å². The zero-order valence-corrected chi connectivity index (χ0v) is 13.7. The van der Waals surface area contributed by atoms with Gasteiger partial charge in [-0.15, -0.1) is 0 Å².